The minimum atomic E-state index is -4.10. The van der Waals surface area contributed by atoms with Gasteiger partial charge < -0.3 is 9.64 Å². The number of sulfonamides is 2. The molecule has 3 aromatic rings. The van der Waals surface area contributed by atoms with Crippen LogP contribution in [0.4, 0.5) is 15.8 Å². The Bertz CT molecular complexity index is 1470. The molecular formula is C24H24FN3O6S2. The molecule has 0 saturated carbocycles. The summed E-state index contributed by atoms with van der Waals surface area (Å²) in [5, 5.41) is 0. The summed E-state index contributed by atoms with van der Waals surface area (Å²) in [5.41, 5.74) is 0.453. The Balaban J connectivity index is 1.53. The molecule has 36 heavy (non-hydrogen) atoms. The first kappa shape index (κ1) is 25.5. The van der Waals surface area contributed by atoms with Crippen LogP contribution in [0.25, 0.3) is 0 Å². The van der Waals surface area contributed by atoms with Crippen molar-refractivity contribution in [2.24, 2.45) is 0 Å². The van der Waals surface area contributed by atoms with Crippen LogP contribution in [-0.2, 0) is 20.0 Å². The number of benzene rings is 3. The third-order valence-corrected chi connectivity index (χ3v) is 8.39. The lowest BCUT2D eigenvalue weighted by atomic mass is 10.1. The first-order chi connectivity index (χ1) is 17.1. The van der Waals surface area contributed by atoms with Crippen molar-refractivity contribution in [3.63, 3.8) is 0 Å². The number of nitrogens with zero attached hydrogens (tertiary/aromatic N) is 1. The molecule has 0 aromatic heterocycles. The molecule has 1 aliphatic rings. The van der Waals surface area contributed by atoms with Gasteiger partial charge in [0, 0.05) is 24.5 Å². The van der Waals surface area contributed by atoms with Crippen LogP contribution in [0.3, 0.4) is 0 Å². The maximum Gasteiger partial charge on any atom is 0.261 e. The van der Waals surface area contributed by atoms with Gasteiger partial charge in [-0.3, -0.25) is 14.2 Å². The molecule has 1 heterocycles. The van der Waals surface area contributed by atoms with Crippen LogP contribution in [0.15, 0.2) is 76.5 Å². The Labute approximate surface area is 209 Å². The zero-order valence-electron chi connectivity index (χ0n) is 19.3. The number of hydrogen-bond acceptors (Lipinski definition) is 6. The SMILES string of the molecule is COc1ccc(S(=O)(=O)Nc2ccc(S(=O)(=O)Nc3ccc(F)cc3)cc2)cc1C(=O)N1CCCC1. The molecule has 1 saturated heterocycles. The van der Waals surface area contributed by atoms with Crippen molar-refractivity contribution >= 4 is 37.3 Å². The van der Waals surface area contributed by atoms with Gasteiger partial charge in [0.1, 0.15) is 11.6 Å². The maximum absolute atomic E-state index is 13.1. The van der Waals surface area contributed by atoms with Crippen molar-refractivity contribution < 1.29 is 30.8 Å². The number of carbonyl (C=O) groups is 1. The number of ether oxygens (including phenoxy) is 1. The lowest BCUT2D eigenvalue weighted by Gasteiger charge is -2.18. The number of rotatable bonds is 8. The predicted octanol–water partition coefficient (Wildman–Crippen LogP) is 3.67. The molecule has 190 valence electrons. The van der Waals surface area contributed by atoms with E-state index in [2.05, 4.69) is 9.44 Å². The van der Waals surface area contributed by atoms with Crippen LogP contribution in [0, 0.1) is 5.82 Å². The Morgan fingerprint density at radius 1 is 0.806 bits per heavy atom. The zero-order chi connectivity index (χ0) is 25.9. The molecule has 2 N–H and O–H groups in total. The van der Waals surface area contributed by atoms with Gasteiger partial charge in [-0.2, -0.15) is 0 Å². The molecule has 4 rings (SSSR count). The molecule has 0 aliphatic carbocycles. The lowest BCUT2D eigenvalue weighted by Crippen LogP contribution is -2.28. The summed E-state index contributed by atoms with van der Waals surface area (Å²) in [4.78, 5) is 14.3. The second-order valence-corrected chi connectivity index (χ2v) is 11.5. The van der Waals surface area contributed by atoms with Gasteiger partial charge in [0.25, 0.3) is 26.0 Å². The molecule has 0 atom stereocenters. The van der Waals surface area contributed by atoms with Crippen molar-refractivity contribution in [3.8, 4) is 5.75 Å². The smallest absolute Gasteiger partial charge is 0.261 e. The minimum absolute atomic E-state index is 0.113. The first-order valence-electron chi connectivity index (χ1n) is 11.0. The molecule has 3 aromatic carbocycles. The van der Waals surface area contributed by atoms with Gasteiger partial charge in [-0.1, -0.05) is 0 Å². The van der Waals surface area contributed by atoms with Crippen LogP contribution in [0.5, 0.6) is 5.75 Å². The zero-order valence-corrected chi connectivity index (χ0v) is 20.9. The number of halogens is 1. The second kappa shape index (κ2) is 10.2. The standard InChI is InChI=1S/C24H24FN3O6S2/c1-34-23-13-12-21(16-22(23)24(29)28-14-2-3-15-28)36(32,33)27-19-8-10-20(11-9-19)35(30,31)26-18-6-4-17(25)5-7-18/h4-13,16,26-27H,2-3,14-15H2,1H3. The summed E-state index contributed by atoms with van der Waals surface area (Å²) in [6.45, 7) is 1.20. The molecule has 0 spiro atoms. The molecule has 12 heteroatoms. The Hall–Kier alpha value is -3.64. The Morgan fingerprint density at radius 3 is 1.86 bits per heavy atom. The fourth-order valence-electron chi connectivity index (χ4n) is 3.76. The minimum Gasteiger partial charge on any atom is -0.496 e. The van der Waals surface area contributed by atoms with Crippen molar-refractivity contribution in [2.45, 2.75) is 22.6 Å². The number of likely N-dealkylation sites (tertiary alicyclic amines) is 1. The monoisotopic (exact) mass is 533 g/mol. The van der Waals surface area contributed by atoms with Gasteiger partial charge in [0.15, 0.2) is 0 Å². The average Bonchev–Trinajstić information content (AvgIpc) is 3.40. The highest BCUT2D eigenvalue weighted by atomic mass is 32.2. The van der Waals surface area contributed by atoms with Gasteiger partial charge in [0.05, 0.1) is 22.5 Å². The van der Waals surface area contributed by atoms with Gasteiger partial charge in [-0.25, -0.2) is 21.2 Å². The van der Waals surface area contributed by atoms with E-state index in [9.17, 15) is 26.0 Å². The van der Waals surface area contributed by atoms with Crippen molar-refractivity contribution in [1.29, 1.82) is 0 Å². The number of carbonyl (C=O) groups excluding carboxylic acids is 1. The summed E-state index contributed by atoms with van der Waals surface area (Å²) in [7, 11) is -6.67. The molecule has 0 radical (unpaired) electrons. The number of hydrogen-bond donors (Lipinski definition) is 2. The normalized spacial score (nSPS) is 13.9. The van der Waals surface area contributed by atoms with Gasteiger partial charge in [-0.05, 0) is 79.6 Å². The molecule has 9 nitrogen and oxygen atoms in total. The highest BCUT2D eigenvalue weighted by Gasteiger charge is 2.25. The van der Waals surface area contributed by atoms with E-state index in [0.717, 1.165) is 25.0 Å². The number of anilines is 2. The quantitative estimate of drug-likeness (QED) is 0.456. The molecule has 1 amide bonds. The molecule has 1 aliphatic heterocycles. The summed E-state index contributed by atoms with van der Waals surface area (Å²) in [6.07, 6.45) is 1.78. The fourth-order valence-corrected chi connectivity index (χ4v) is 5.90. The van der Waals surface area contributed by atoms with Crippen LogP contribution < -0.4 is 14.2 Å². The van der Waals surface area contributed by atoms with Crippen molar-refractivity contribution in [1.82, 2.24) is 4.90 Å². The fraction of sp³-hybridized carbons (Fsp3) is 0.208. The number of nitrogens with one attached hydrogen (secondary N) is 2. The van der Waals surface area contributed by atoms with Crippen molar-refractivity contribution in [3.05, 3.63) is 78.1 Å². The molecule has 1 fully saturated rings. The van der Waals surface area contributed by atoms with E-state index in [1.165, 1.54) is 61.7 Å². The van der Waals surface area contributed by atoms with Crippen LogP contribution in [0.1, 0.15) is 23.2 Å². The topological polar surface area (TPSA) is 122 Å². The summed E-state index contributed by atoms with van der Waals surface area (Å²) in [5.74, 6) is -0.530. The van der Waals surface area contributed by atoms with E-state index in [1.807, 2.05) is 0 Å². The largest absolute Gasteiger partial charge is 0.496 e. The van der Waals surface area contributed by atoms with Gasteiger partial charge in [0.2, 0.25) is 0 Å². The van der Waals surface area contributed by atoms with E-state index in [0.29, 0.717) is 13.1 Å². The Kier molecular flexibility index (Phi) is 7.18. The van der Waals surface area contributed by atoms with Crippen LogP contribution in [-0.4, -0.2) is 47.8 Å². The third kappa shape index (κ3) is 5.60. The van der Waals surface area contributed by atoms with Crippen LogP contribution >= 0.6 is 0 Å². The van der Waals surface area contributed by atoms with E-state index in [1.54, 1.807) is 4.90 Å². The van der Waals surface area contributed by atoms with E-state index in [-0.39, 0.29) is 38.4 Å². The predicted molar refractivity (Wildman–Crippen MR) is 133 cm³/mol. The Morgan fingerprint density at radius 2 is 1.31 bits per heavy atom. The van der Waals surface area contributed by atoms with Gasteiger partial charge in [-0.15, -0.1) is 0 Å². The highest BCUT2D eigenvalue weighted by molar-refractivity contribution is 7.93. The molecule has 0 bridgehead atoms. The van der Waals surface area contributed by atoms with Gasteiger partial charge >= 0.3 is 0 Å². The van der Waals surface area contributed by atoms with Crippen LogP contribution in [0.2, 0.25) is 0 Å². The summed E-state index contributed by atoms with van der Waals surface area (Å²) in [6, 6.07) is 13.9. The van der Waals surface area contributed by atoms with E-state index < -0.39 is 25.9 Å². The molecule has 0 unspecified atom stereocenters. The van der Waals surface area contributed by atoms with Crippen molar-refractivity contribution in [2.75, 3.05) is 29.6 Å². The number of methoxy groups -OCH3 is 1. The van der Waals surface area contributed by atoms with E-state index in [4.69, 9.17) is 4.74 Å². The third-order valence-electron chi connectivity index (χ3n) is 5.62. The first-order valence-corrected chi connectivity index (χ1v) is 13.9. The van der Waals surface area contributed by atoms with E-state index >= 15 is 0 Å². The highest BCUT2D eigenvalue weighted by Crippen LogP contribution is 2.27. The average molecular weight is 534 g/mol. The summed E-state index contributed by atoms with van der Waals surface area (Å²) >= 11 is 0. The second-order valence-electron chi connectivity index (χ2n) is 8.10. The maximum atomic E-state index is 13.1. The summed E-state index contributed by atoms with van der Waals surface area (Å²) < 4.78 is 74.2. The number of amides is 1. The molecular weight excluding hydrogens is 509 g/mol. The lowest BCUT2D eigenvalue weighted by molar-refractivity contribution is 0.0789.